The summed E-state index contributed by atoms with van der Waals surface area (Å²) < 4.78 is 0. The van der Waals surface area contributed by atoms with Crippen LogP contribution in [-0.2, 0) is 4.79 Å². The average Bonchev–Trinajstić information content (AvgIpc) is 2.22. The molecule has 0 saturated carbocycles. The van der Waals surface area contributed by atoms with E-state index in [1.54, 1.807) is 6.92 Å². The molecule has 0 radical (unpaired) electrons. The number of carbonyl (C=O) groups is 1. The van der Waals surface area contributed by atoms with Gasteiger partial charge in [0.2, 0.25) is 0 Å². The zero-order valence-corrected chi connectivity index (χ0v) is 9.10. The highest BCUT2D eigenvalue weighted by molar-refractivity contribution is 5.78. The Kier molecular flexibility index (Phi) is 2.58. The van der Waals surface area contributed by atoms with Crippen molar-refractivity contribution in [3.05, 3.63) is 42.1 Å². The number of allylic oxidation sites excluding steroid dienone is 1. The summed E-state index contributed by atoms with van der Waals surface area (Å²) in [5, 5.41) is 0. The molecule has 78 valence electrons. The van der Waals surface area contributed by atoms with Crippen molar-refractivity contribution in [2.45, 2.75) is 19.3 Å². The number of rotatable bonds is 2. The first-order valence-electron chi connectivity index (χ1n) is 5.18. The van der Waals surface area contributed by atoms with Crippen LogP contribution in [0.25, 0.3) is 0 Å². The van der Waals surface area contributed by atoms with E-state index in [4.69, 9.17) is 0 Å². The van der Waals surface area contributed by atoms with E-state index in [-0.39, 0.29) is 11.7 Å². The van der Waals surface area contributed by atoms with Crippen LogP contribution in [-0.4, -0.2) is 12.8 Å². The minimum absolute atomic E-state index is 0.240. The first-order valence-corrected chi connectivity index (χ1v) is 5.18. The van der Waals surface area contributed by atoms with Crippen LogP contribution >= 0.6 is 0 Å². The minimum Gasteiger partial charge on any atom is -0.351 e. The third-order valence-corrected chi connectivity index (χ3v) is 2.77. The monoisotopic (exact) mass is 201 g/mol. The Morgan fingerprint density at radius 1 is 1.40 bits per heavy atom. The molecule has 0 spiro atoms. The van der Waals surface area contributed by atoms with Gasteiger partial charge in [0.05, 0.1) is 0 Å². The van der Waals surface area contributed by atoms with E-state index >= 15 is 0 Å². The number of anilines is 1. The number of nitrogens with zero attached hydrogens (tertiary/aromatic N) is 1. The molecule has 0 fully saturated rings. The van der Waals surface area contributed by atoms with Crippen LogP contribution in [0.1, 0.15) is 24.8 Å². The summed E-state index contributed by atoms with van der Waals surface area (Å²) in [5.74, 6) is 0.485. The highest BCUT2D eigenvalue weighted by Crippen LogP contribution is 2.34. The number of Topliss-reactive ketones (excluding diaryl/α,β-unsaturated/α-hetero) is 1. The summed E-state index contributed by atoms with van der Waals surface area (Å²) in [6, 6.07) is 8.24. The van der Waals surface area contributed by atoms with Gasteiger partial charge in [0.25, 0.3) is 0 Å². The first-order chi connectivity index (χ1) is 7.18. The molecule has 2 rings (SSSR count). The van der Waals surface area contributed by atoms with Gasteiger partial charge in [-0.1, -0.05) is 24.3 Å². The van der Waals surface area contributed by atoms with E-state index < -0.39 is 0 Å². The Bertz CT molecular complexity index is 409. The summed E-state index contributed by atoms with van der Waals surface area (Å²) in [7, 11) is 2.03. The Morgan fingerprint density at radius 3 is 2.87 bits per heavy atom. The number of para-hydroxylation sites is 1. The van der Waals surface area contributed by atoms with E-state index in [1.807, 2.05) is 25.4 Å². The predicted octanol–water partition coefficient (Wildman–Crippen LogP) is 2.71. The Labute approximate surface area is 90.2 Å². The van der Waals surface area contributed by atoms with Gasteiger partial charge in [-0.3, -0.25) is 4.79 Å². The molecule has 1 aliphatic rings. The lowest BCUT2D eigenvalue weighted by Crippen LogP contribution is -2.17. The molecule has 1 unspecified atom stereocenters. The van der Waals surface area contributed by atoms with Crippen LogP contribution in [0.15, 0.2) is 36.5 Å². The quantitative estimate of drug-likeness (QED) is 0.733. The molecule has 1 atom stereocenters. The fourth-order valence-corrected chi connectivity index (χ4v) is 2.03. The summed E-state index contributed by atoms with van der Waals surface area (Å²) in [6.07, 6.45) is 4.74. The molecule has 2 nitrogen and oxygen atoms in total. The maximum absolute atomic E-state index is 11.2. The second-order valence-electron chi connectivity index (χ2n) is 4.02. The molecule has 0 N–H and O–H groups in total. The van der Waals surface area contributed by atoms with E-state index in [0.717, 1.165) is 0 Å². The summed E-state index contributed by atoms with van der Waals surface area (Å²) in [5.41, 5.74) is 2.45. The normalized spacial score (nSPS) is 18.8. The van der Waals surface area contributed by atoms with Crippen molar-refractivity contribution in [1.82, 2.24) is 0 Å². The standard InChI is InChI=1S/C13H15NO/c1-10(15)9-11-7-8-14(2)13-6-4-3-5-12(11)13/h3-8,11H,9H2,1-2H3. The molecule has 1 aromatic carbocycles. The Hall–Kier alpha value is -1.57. The smallest absolute Gasteiger partial charge is 0.130 e. The minimum atomic E-state index is 0.240. The zero-order chi connectivity index (χ0) is 10.8. The van der Waals surface area contributed by atoms with Gasteiger partial charge in [-0.15, -0.1) is 0 Å². The van der Waals surface area contributed by atoms with Gasteiger partial charge in [0, 0.05) is 31.3 Å². The van der Waals surface area contributed by atoms with Crippen LogP contribution < -0.4 is 4.90 Å². The molecule has 0 saturated heterocycles. The van der Waals surface area contributed by atoms with Crippen LogP contribution in [0.3, 0.4) is 0 Å². The molecule has 0 amide bonds. The lowest BCUT2D eigenvalue weighted by atomic mass is 9.90. The van der Waals surface area contributed by atoms with Crippen LogP contribution in [0.2, 0.25) is 0 Å². The molecule has 1 heterocycles. The number of benzene rings is 1. The van der Waals surface area contributed by atoms with Gasteiger partial charge in [0.1, 0.15) is 5.78 Å². The highest BCUT2D eigenvalue weighted by Gasteiger charge is 2.19. The number of carbonyl (C=O) groups excluding carboxylic acids is 1. The second-order valence-corrected chi connectivity index (χ2v) is 4.02. The molecule has 1 aromatic rings. The number of hydrogen-bond donors (Lipinski definition) is 0. The zero-order valence-electron chi connectivity index (χ0n) is 9.10. The largest absolute Gasteiger partial charge is 0.351 e. The molecule has 15 heavy (non-hydrogen) atoms. The Balaban J connectivity index is 2.37. The van der Waals surface area contributed by atoms with Crippen LogP contribution in [0.5, 0.6) is 0 Å². The molecule has 0 bridgehead atoms. The van der Waals surface area contributed by atoms with Crippen LogP contribution in [0, 0.1) is 0 Å². The van der Waals surface area contributed by atoms with Crippen LogP contribution in [0.4, 0.5) is 5.69 Å². The van der Waals surface area contributed by atoms with Crippen molar-refractivity contribution in [3.8, 4) is 0 Å². The second kappa shape index (κ2) is 3.89. The van der Waals surface area contributed by atoms with Crippen molar-refractivity contribution < 1.29 is 4.79 Å². The van der Waals surface area contributed by atoms with E-state index in [0.29, 0.717) is 6.42 Å². The SMILES string of the molecule is CC(=O)CC1C=CN(C)c2ccccc21. The summed E-state index contributed by atoms with van der Waals surface area (Å²) >= 11 is 0. The summed E-state index contributed by atoms with van der Waals surface area (Å²) in [6.45, 7) is 1.65. The lowest BCUT2D eigenvalue weighted by Gasteiger charge is -2.27. The first kappa shape index (κ1) is 9.97. The highest BCUT2D eigenvalue weighted by atomic mass is 16.1. The third-order valence-electron chi connectivity index (χ3n) is 2.77. The van der Waals surface area contributed by atoms with Crippen molar-refractivity contribution in [2.75, 3.05) is 11.9 Å². The summed E-state index contributed by atoms with van der Waals surface area (Å²) in [4.78, 5) is 13.2. The maximum atomic E-state index is 11.2. The molecular formula is C13H15NO. The van der Waals surface area contributed by atoms with Crippen molar-refractivity contribution in [2.24, 2.45) is 0 Å². The van der Waals surface area contributed by atoms with Crippen molar-refractivity contribution in [3.63, 3.8) is 0 Å². The number of fused-ring (bicyclic) bond motifs is 1. The lowest BCUT2D eigenvalue weighted by molar-refractivity contribution is -0.117. The van der Waals surface area contributed by atoms with Crippen molar-refractivity contribution >= 4 is 11.5 Å². The maximum Gasteiger partial charge on any atom is 0.130 e. The van der Waals surface area contributed by atoms with Gasteiger partial charge in [-0.25, -0.2) is 0 Å². The Morgan fingerprint density at radius 2 is 2.13 bits per heavy atom. The predicted molar refractivity (Wildman–Crippen MR) is 62.0 cm³/mol. The third kappa shape index (κ3) is 1.94. The topological polar surface area (TPSA) is 20.3 Å². The van der Waals surface area contributed by atoms with Gasteiger partial charge < -0.3 is 4.90 Å². The fraction of sp³-hybridized carbons (Fsp3) is 0.308. The van der Waals surface area contributed by atoms with Gasteiger partial charge in [-0.2, -0.15) is 0 Å². The van der Waals surface area contributed by atoms with E-state index in [2.05, 4.69) is 23.1 Å². The molecule has 0 aliphatic carbocycles. The van der Waals surface area contributed by atoms with Crippen molar-refractivity contribution in [1.29, 1.82) is 0 Å². The molecule has 1 aliphatic heterocycles. The molecule has 2 heteroatoms. The van der Waals surface area contributed by atoms with E-state index in [9.17, 15) is 4.79 Å². The van der Waals surface area contributed by atoms with Gasteiger partial charge in [0.15, 0.2) is 0 Å². The van der Waals surface area contributed by atoms with Gasteiger partial charge in [-0.05, 0) is 18.6 Å². The number of ketones is 1. The van der Waals surface area contributed by atoms with Gasteiger partial charge >= 0.3 is 0 Å². The van der Waals surface area contributed by atoms with E-state index in [1.165, 1.54) is 11.3 Å². The average molecular weight is 201 g/mol. The molecular weight excluding hydrogens is 186 g/mol. The molecule has 0 aromatic heterocycles. The fourth-order valence-electron chi connectivity index (χ4n) is 2.03. The number of hydrogen-bond acceptors (Lipinski definition) is 2.